The van der Waals surface area contributed by atoms with Gasteiger partial charge in [0, 0.05) is 12.4 Å². The summed E-state index contributed by atoms with van der Waals surface area (Å²) in [6, 6.07) is 31.7. The van der Waals surface area contributed by atoms with Gasteiger partial charge in [-0.3, -0.25) is 0 Å². The lowest BCUT2D eigenvalue weighted by Crippen LogP contribution is -2.37. The summed E-state index contributed by atoms with van der Waals surface area (Å²) in [7, 11) is 2.03. The van der Waals surface area contributed by atoms with Crippen LogP contribution >= 0.6 is 0 Å². The van der Waals surface area contributed by atoms with E-state index in [4.69, 9.17) is 10.7 Å². The smallest absolute Gasteiger partial charge is 0.196 e. The molecule has 0 spiro atoms. The van der Waals surface area contributed by atoms with Crippen LogP contribution in [0, 0.1) is 0 Å². The topological polar surface area (TPSA) is 41.6 Å². The van der Waals surface area contributed by atoms with E-state index in [0.29, 0.717) is 5.96 Å². The van der Waals surface area contributed by atoms with Crippen molar-refractivity contribution in [2.45, 2.75) is 12.5 Å². The van der Waals surface area contributed by atoms with Crippen LogP contribution in [-0.2, 0) is 6.42 Å². The monoisotopic (exact) mass is 403 g/mol. The summed E-state index contributed by atoms with van der Waals surface area (Å²) < 4.78 is 0. The number of aliphatic imine (C=N–C) groups is 1. The van der Waals surface area contributed by atoms with Crippen LogP contribution in [0.5, 0.6) is 0 Å². The van der Waals surface area contributed by atoms with Gasteiger partial charge in [-0.1, -0.05) is 97.1 Å². The second kappa shape index (κ2) is 8.11. The van der Waals surface area contributed by atoms with Crippen LogP contribution in [0.3, 0.4) is 0 Å². The Morgan fingerprint density at radius 1 is 0.806 bits per heavy atom. The number of likely N-dealkylation sites (N-methyl/N-ethyl adjacent to an activating group) is 1. The Bertz CT molecular complexity index is 1260. The predicted molar refractivity (Wildman–Crippen MR) is 131 cm³/mol. The molecule has 31 heavy (non-hydrogen) atoms. The molecule has 1 unspecified atom stereocenters. The van der Waals surface area contributed by atoms with Gasteiger partial charge in [-0.15, -0.1) is 0 Å². The van der Waals surface area contributed by atoms with Crippen LogP contribution < -0.4 is 5.73 Å². The van der Waals surface area contributed by atoms with E-state index in [2.05, 4.69) is 95.9 Å². The Balaban J connectivity index is 1.52. The van der Waals surface area contributed by atoms with Crippen LogP contribution in [0.4, 0.5) is 5.69 Å². The van der Waals surface area contributed by atoms with Crippen molar-refractivity contribution in [2.75, 3.05) is 7.05 Å². The first-order valence-electron chi connectivity index (χ1n) is 10.6. The maximum atomic E-state index is 6.58. The molecule has 2 N–H and O–H groups in total. The highest BCUT2D eigenvalue weighted by atomic mass is 15.3. The van der Waals surface area contributed by atoms with Crippen LogP contribution in [0.1, 0.15) is 28.3 Å². The van der Waals surface area contributed by atoms with E-state index in [0.717, 1.165) is 17.5 Å². The van der Waals surface area contributed by atoms with Gasteiger partial charge in [0.15, 0.2) is 5.96 Å². The van der Waals surface area contributed by atoms with Crippen molar-refractivity contribution in [3.63, 3.8) is 0 Å². The molecule has 4 aromatic carbocycles. The van der Waals surface area contributed by atoms with Crippen LogP contribution in [-0.4, -0.2) is 17.9 Å². The Labute approximate surface area is 183 Å². The quantitative estimate of drug-likeness (QED) is 0.281. The molecule has 152 valence electrons. The Kier molecular flexibility index (Phi) is 5.01. The van der Waals surface area contributed by atoms with Gasteiger partial charge in [-0.2, -0.15) is 0 Å². The summed E-state index contributed by atoms with van der Waals surface area (Å²) in [6.45, 7) is 0. The standard InChI is InChI=1S/C28H25N3/c1-31(26(21-11-6-3-7-12-21)19-20-9-4-2-5-10-20)28(29)30-25-18-17-23-16-15-22-13-8-14-24(25)27(22)23/h2-18,26H,19H2,1H3,(H2,29,30). The molecule has 1 aliphatic rings. The van der Waals surface area contributed by atoms with Gasteiger partial charge in [0.05, 0.1) is 11.7 Å². The highest BCUT2D eigenvalue weighted by Gasteiger charge is 2.20. The molecule has 3 nitrogen and oxygen atoms in total. The van der Waals surface area contributed by atoms with Crippen molar-refractivity contribution in [1.29, 1.82) is 0 Å². The van der Waals surface area contributed by atoms with Gasteiger partial charge >= 0.3 is 0 Å². The van der Waals surface area contributed by atoms with Crippen molar-refractivity contribution in [1.82, 2.24) is 4.90 Å². The van der Waals surface area contributed by atoms with Crippen molar-refractivity contribution in [3.8, 4) is 0 Å². The van der Waals surface area contributed by atoms with Crippen LogP contribution in [0.15, 0.2) is 96.0 Å². The van der Waals surface area contributed by atoms with Crippen LogP contribution in [0.2, 0.25) is 0 Å². The van der Waals surface area contributed by atoms with E-state index < -0.39 is 0 Å². The van der Waals surface area contributed by atoms with Gasteiger partial charge in [0.1, 0.15) is 0 Å². The average Bonchev–Trinajstić information content (AvgIpc) is 3.25. The summed E-state index contributed by atoms with van der Waals surface area (Å²) in [6.07, 6.45) is 5.17. The van der Waals surface area contributed by atoms with Crippen molar-refractivity contribution in [3.05, 3.63) is 113 Å². The number of benzene rings is 4. The first kappa shape index (κ1) is 19.1. The third-order valence-corrected chi connectivity index (χ3v) is 6.04. The summed E-state index contributed by atoms with van der Waals surface area (Å²) in [5.74, 6) is 0.511. The van der Waals surface area contributed by atoms with E-state index in [1.165, 1.54) is 27.6 Å². The lowest BCUT2D eigenvalue weighted by atomic mass is 9.98. The Hall–Kier alpha value is -3.85. The SMILES string of the molecule is CN(C(N)=Nc1ccc2c3c(cccc13)C=C2)C(Cc1ccccc1)c1ccccc1. The molecule has 0 heterocycles. The van der Waals surface area contributed by atoms with E-state index in [1.54, 1.807) is 0 Å². The third-order valence-electron chi connectivity index (χ3n) is 6.04. The number of nitrogens with zero attached hydrogens (tertiary/aromatic N) is 2. The second-order valence-corrected chi connectivity index (χ2v) is 7.97. The fourth-order valence-corrected chi connectivity index (χ4v) is 4.36. The lowest BCUT2D eigenvalue weighted by molar-refractivity contribution is 0.368. The Morgan fingerprint density at radius 3 is 2.23 bits per heavy atom. The number of hydrogen-bond acceptors (Lipinski definition) is 1. The minimum atomic E-state index is 0.0887. The zero-order chi connectivity index (χ0) is 21.2. The van der Waals surface area contributed by atoms with Gasteiger partial charge in [-0.05, 0) is 40.1 Å². The molecule has 5 rings (SSSR count). The zero-order valence-electron chi connectivity index (χ0n) is 17.6. The first-order chi connectivity index (χ1) is 15.2. The zero-order valence-corrected chi connectivity index (χ0v) is 17.6. The lowest BCUT2D eigenvalue weighted by Gasteiger charge is -2.30. The molecular weight excluding hydrogens is 378 g/mol. The molecule has 1 atom stereocenters. The molecule has 4 aromatic rings. The molecule has 0 aliphatic heterocycles. The summed E-state index contributed by atoms with van der Waals surface area (Å²) in [5.41, 5.74) is 12.5. The maximum Gasteiger partial charge on any atom is 0.196 e. The van der Waals surface area contributed by atoms with Crippen LogP contribution in [0.25, 0.3) is 22.9 Å². The van der Waals surface area contributed by atoms with Gasteiger partial charge in [0.2, 0.25) is 0 Å². The average molecular weight is 404 g/mol. The molecule has 0 saturated carbocycles. The third kappa shape index (κ3) is 3.71. The van der Waals surface area contributed by atoms with Gasteiger partial charge in [0.25, 0.3) is 0 Å². The molecule has 0 radical (unpaired) electrons. The molecule has 0 bridgehead atoms. The van der Waals surface area contributed by atoms with E-state index in [-0.39, 0.29) is 6.04 Å². The molecule has 0 saturated heterocycles. The second-order valence-electron chi connectivity index (χ2n) is 7.97. The normalized spacial score (nSPS) is 13.5. The fourth-order valence-electron chi connectivity index (χ4n) is 4.36. The molecule has 0 aromatic heterocycles. The largest absolute Gasteiger partial charge is 0.369 e. The van der Waals surface area contributed by atoms with E-state index in [1.807, 2.05) is 19.2 Å². The minimum Gasteiger partial charge on any atom is -0.369 e. The molecular formula is C28H25N3. The summed E-state index contributed by atoms with van der Waals surface area (Å²) >= 11 is 0. The van der Waals surface area contributed by atoms with Crippen molar-refractivity contribution < 1.29 is 0 Å². The highest BCUT2D eigenvalue weighted by molar-refractivity contribution is 6.09. The molecule has 0 fully saturated rings. The number of guanidine groups is 1. The highest BCUT2D eigenvalue weighted by Crippen LogP contribution is 2.36. The number of nitrogens with two attached hydrogens (primary N) is 1. The summed E-state index contributed by atoms with van der Waals surface area (Å²) in [4.78, 5) is 6.96. The summed E-state index contributed by atoms with van der Waals surface area (Å²) in [5, 5.41) is 2.39. The number of rotatable bonds is 5. The van der Waals surface area contributed by atoms with Gasteiger partial charge < -0.3 is 10.6 Å². The van der Waals surface area contributed by atoms with E-state index >= 15 is 0 Å². The minimum absolute atomic E-state index is 0.0887. The molecule has 1 aliphatic carbocycles. The van der Waals surface area contributed by atoms with E-state index in [9.17, 15) is 0 Å². The first-order valence-corrected chi connectivity index (χ1v) is 10.6. The molecule has 3 heteroatoms. The van der Waals surface area contributed by atoms with Gasteiger partial charge in [-0.25, -0.2) is 4.99 Å². The molecule has 0 amide bonds. The van der Waals surface area contributed by atoms with Crippen molar-refractivity contribution >= 4 is 34.6 Å². The fraction of sp³-hybridized carbons (Fsp3) is 0.107. The van der Waals surface area contributed by atoms with Crippen molar-refractivity contribution in [2.24, 2.45) is 10.7 Å². The predicted octanol–water partition coefficient (Wildman–Crippen LogP) is 6.19. The number of hydrogen-bond donors (Lipinski definition) is 1. The maximum absolute atomic E-state index is 6.58. The Morgan fingerprint density at radius 2 is 1.48 bits per heavy atom.